The van der Waals surface area contributed by atoms with Gasteiger partial charge in [0.1, 0.15) is 5.69 Å². The van der Waals surface area contributed by atoms with Crippen molar-refractivity contribution in [1.82, 2.24) is 9.78 Å². The quantitative estimate of drug-likeness (QED) is 0.318. The zero-order chi connectivity index (χ0) is 23.7. The lowest BCUT2D eigenvalue weighted by Gasteiger charge is -2.07. The van der Waals surface area contributed by atoms with Crippen LogP contribution < -0.4 is 5.56 Å². The maximum Gasteiger partial charge on any atom is 0.335 e. The summed E-state index contributed by atoms with van der Waals surface area (Å²) in [4.78, 5) is 24.1. The Kier molecular flexibility index (Phi) is 5.85. The second-order valence-corrected chi connectivity index (χ2v) is 7.82. The summed E-state index contributed by atoms with van der Waals surface area (Å²) < 4.78 is 1.27. The predicted octanol–water partition coefficient (Wildman–Crippen LogP) is 5.92. The first kappa shape index (κ1) is 22.0. The number of aryl methyl sites for hydroxylation is 2. The Labute approximate surface area is 193 Å². The second-order valence-electron chi connectivity index (χ2n) is 7.44. The van der Waals surface area contributed by atoms with Gasteiger partial charge in [0.25, 0.3) is 0 Å². The molecule has 4 rings (SSSR count). The number of phenols is 1. The number of carboxylic acid groups (broad SMARTS) is 1. The fourth-order valence-electron chi connectivity index (χ4n) is 3.30. The van der Waals surface area contributed by atoms with E-state index in [-0.39, 0.29) is 27.8 Å². The molecule has 4 aromatic rings. The number of phenolic OH excluding ortho intramolecular Hbond substituents is 1. The topological polar surface area (TPSA) is 120 Å². The van der Waals surface area contributed by atoms with Gasteiger partial charge >= 0.3 is 11.5 Å². The summed E-state index contributed by atoms with van der Waals surface area (Å²) in [5.41, 5.74) is 3.19. The number of nitrogens with one attached hydrogen (secondary N) is 1. The number of carbonyl (C=O) groups is 1. The van der Waals surface area contributed by atoms with Crippen molar-refractivity contribution in [3.63, 3.8) is 0 Å². The average molecular weight is 463 g/mol. The first-order valence-corrected chi connectivity index (χ1v) is 10.3. The summed E-state index contributed by atoms with van der Waals surface area (Å²) in [5, 5.41) is 30.7. The molecular formula is C24H19ClN4O4. The number of para-hydroxylation sites is 1. The van der Waals surface area contributed by atoms with Crippen molar-refractivity contribution in [2.24, 2.45) is 10.2 Å². The zero-order valence-electron chi connectivity index (χ0n) is 17.7. The van der Waals surface area contributed by atoms with Crippen LogP contribution in [0.3, 0.4) is 0 Å². The van der Waals surface area contributed by atoms with Gasteiger partial charge in [-0.05, 0) is 60.9 Å². The highest BCUT2D eigenvalue weighted by molar-refractivity contribution is 6.31. The molecule has 0 fully saturated rings. The van der Waals surface area contributed by atoms with E-state index in [4.69, 9.17) is 11.6 Å². The third-order valence-electron chi connectivity index (χ3n) is 5.27. The summed E-state index contributed by atoms with van der Waals surface area (Å²) in [5.74, 6) is -1.28. The first-order chi connectivity index (χ1) is 15.8. The van der Waals surface area contributed by atoms with Gasteiger partial charge in [-0.3, -0.25) is 9.89 Å². The Morgan fingerprint density at radius 2 is 1.76 bits per heavy atom. The van der Waals surface area contributed by atoms with Crippen LogP contribution in [0.1, 0.15) is 21.5 Å². The van der Waals surface area contributed by atoms with Crippen LogP contribution >= 0.6 is 11.6 Å². The van der Waals surface area contributed by atoms with E-state index in [1.165, 1.54) is 22.9 Å². The van der Waals surface area contributed by atoms with E-state index in [1.807, 2.05) is 26.0 Å². The molecule has 0 aliphatic carbocycles. The number of benzene rings is 3. The van der Waals surface area contributed by atoms with E-state index >= 15 is 0 Å². The van der Waals surface area contributed by atoms with Crippen LogP contribution in [-0.4, -0.2) is 26.0 Å². The number of hydrogen-bond donors (Lipinski definition) is 3. The maximum atomic E-state index is 12.9. The number of aromatic nitrogens is 2. The van der Waals surface area contributed by atoms with E-state index in [0.29, 0.717) is 16.8 Å². The van der Waals surface area contributed by atoms with Crippen LogP contribution in [0.25, 0.3) is 16.8 Å². The Balaban J connectivity index is 1.71. The second kappa shape index (κ2) is 8.76. The minimum Gasteiger partial charge on any atom is -0.505 e. The molecule has 0 unspecified atom stereocenters. The summed E-state index contributed by atoms with van der Waals surface area (Å²) in [6.07, 6.45) is 0. The van der Waals surface area contributed by atoms with E-state index < -0.39 is 11.5 Å². The van der Waals surface area contributed by atoms with Crippen LogP contribution in [-0.2, 0) is 0 Å². The summed E-state index contributed by atoms with van der Waals surface area (Å²) in [7, 11) is 0. The lowest BCUT2D eigenvalue weighted by atomic mass is 10.0. The van der Waals surface area contributed by atoms with Crippen molar-refractivity contribution in [2.45, 2.75) is 13.8 Å². The zero-order valence-corrected chi connectivity index (χ0v) is 18.5. The van der Waals surface area contributed by atoms with Gasteiger partial charge in [0.05, 0.1) is 11.3 Å². The molecule has 3 aromatic carbocycles. The Morgan fingerprint density at radius 3 is 2.48 bits per heavy atom. The number of nitrogens with zero attached hydrogens (tertiary/aromatic N) is 3. The molecule has 1 heterocycles. The van der Waals surface area contributed by atoms with Gasteiger partial charge in [0.15, 0.2) is 16.6 Å². The lowest BCUT2D eigenvalue weighted by molar-refractivity contribution is 0.0697. The highest BCUT2D eigenvalue weighted by Crippen LogP contribution is 2.38. The van der Waals surface area contributed by atoms with Crippen molar-refractivity contribution >= 4 is 28.9 Å². The molecule has 0 saturated heterocycles. The highest BCUT2D eigenvalue weighted by atomic mass is 35.5. The minimum absolute atomic E-state index is 0.00628. The molecule has 9 heteroatoms. The SMILES string of the molecule is Cc1ccc(-n2[nH]c(Cl)c(N=Nc3cccc(-c4cccc(C(=O)O)c4)c3O)c2=O)cc1C. The molecule has 0 atom stereocenters. The molecule has 1 aromatic heterocycles. The molecule has 3 N–H and O–H groups in total. The number of rotatable bonds is 5. The van der Waals surface area contributed by atoms with Gasteiger partial charge in [0.2, 0.25) is 0 Å². The van der Waals surface area contributed by atoms with Gasteiger partial charge in [-0.2, -0.15) is 0 Å². The van der Waals surface area contributed by atoms with Crippen LogP contribution in [0, 0.1) is 13.8 Å². The number of halogens is 1. The Bertz CT molecular complexity index is 1470. The largest absolute Gasteiger partial charge is 0.505 e. The van der Waals surface area contributed by atoms with E-state index in [9.17, 15) is 19.8 Å². The van der Waals surface area contributed by atoms with Gasteiger partial charge in [-0.25, -0.2) is 9.48 Å². The smallest absolute Gasteiger partial charge is 0.335 e. The summed E-state index contributed by atoms with van der Waals surface area (Å²) in [6, 6.07) is 16.5. The van der Waals surface area contributed by atoms with Crippen molar-refractivity contribution < 1.29 is 15.0 Å². The molecule has 33 heavy (non-hydrogen) atoms. The number of hydrogen-bond acceptors (Lipinski definition) is 5. The van der Waals surface area contributed by atoms with Crippen LogP contribution in [0.5, 0.6) is 5.75 Å². The normalized spacial score (nSPS) is 11.2. The van der Waals surface area contributed by atoms with Crippen molar-refractivity contribution in [2.75, 3.05) is 0 Å². The van der Waals surface area contributed by atoms with Crippen LogP contribution in [0.4, 0.5) is 11.4 Å². The number of H-pyrrole nitrogens is 1. The monoisotopic (exact) mass is 462 g/mol. The molecule has 166 valence electrons. The average Bonchev–Trinajstić information content (AvgIpc) is 3.08. The van der Waals surface area contributed by atoms with Gasteiger partial charge in [-0.15, -0.1) is 10.2 Å². The van der Waals surface area contributed by atoms with E-state index in [1.54, 1.807) is 30.3 Å². The standard InChI is InChI=1S/C24H19ClN4O4/c1-13-9-10-17(11-14(13)2)29-23(31)20(22(25)28-29)27-26-19-8-4-7-18(21(19)30)15-5-3-6-16(12-15)24(32)33/h3-12,28,30H,1-2H3,(H,32,33). The number of aromatic carboxylic acids is 1. The van der Waals surface area contributed by atoms with E-state index in [2.05, 4.69) is 15.3 Å². The number of aromatic hydroxyl groups is 1. The van der Waals surface area contributed by atoms with Gasteiger partial charge in [-0.1, -0.05) is 41.9 Å². The third kappa shape index (κ3) is 4.28. The Morgan fingerprint density at radius 1 is 1.00 bits per heavy atom. The molecule has 0 radical (unpaired) electrons. The minimum atomic E-state index is -1.07. The van der Waals surface area contributed by atoms with Gasteiger partial charge in [0, 0.05) is 5.56 Å². The predicted molar refractivity (Wildman–Crippen MR) is 126 cm³/mol. The van der Waals surface area contributed by atoms with Crippen molar-refractivity contribution in [3.8, 4) is 22.6 Å². The number of carboxylic acids is 1. The maximum absolute atomic E-state index is 12.9. The molecular weight excluding hydrogens is 444 g/mol. The molecule has 0 amide bonds. The third-order valence-corrected chi connectivity index (χ3v) is 5.53. The summed E-state index contributed by atoms with van der Waals surface area (Å²) in [6.45, 7) is 3.92. The number of aromatic amines is 1. The summed E-state index contributed by atoms with van der Waals surface area (Å²) >= 11 is 6.20. The first-order valence-electron chi connectivity index (χ1n) is 9.92. The Hall–Kier alpha value is -4.17. The fourth-order valence-corrected chi connectivity index (χ4v) is 3.51. The lowest BCUT2D eigenvalue weighted by Crippen LogP contribution is -2.14. The van der Waals surface area contributed by atoms with Crippen LogP contribution in [0.2, 0.25) is 5.15 Å². The molecule has 0 bridgehead atoms. The molecule has 0 aliphatic rings. The molecule has 0 spiro atoms. The van der Waals surface area contributed by atoms with Crippen molar-refractivity contribution in [1.29, 1.82) is 0 Å². The van der Waals surface area contributed by atoms with Crippen molar-refractivity contribution in [3.05, 3.63) is 92.9 Å². The van der Waals surface area contributed by atoms with E-state index in [0.717, 1.165) is 11.1 Å². The number of azo groups is 1. The highest BCUT2D eigenvalue weighted by Gasteiger charge is 2.15. The molecule has 0 saturated carbocycles. The van der Waals surface area contributed by atoms with Gasteiger partial charge < -0.3 is 10.2 Å². The fraction of sp³-hybridized carbons (Fsp3) is 0.0833. The van der Waals surface area contributed by atoms with Crippen LogP contribution in [0.15, 0.2) is 75.7 Å². The molecule has 0 aliphatic heterocycles. The molecule has 8 nitrogen and oxygen atoms in total.